The van der Waals surface area contributed by atoms with Gasteiger partial charge in [0.1, 0.15) is 5.75 Å². The van der Waals surface area contributed by atoms with Crippen LogP contribution in [-0.2, 0) is 13.0 Å². The third kappa shape index (κ3) is 2.97. The monoisotopic (exact) mass is 248 g/mol. The van der Waals surface area contributed by atoms with Crippen molar-refractivity contribution in [2.45, 2.75) is 26.8 Å². The van der Waals surface area contributed by atoms with Gasteiger partial charge in [-0.1, -0.05) is 13.0 Å². The topological polar surface area (TPSA) is 45.2 Å². The van der Waals surface area contributed by atoms with Gasteiger partial charge in [0, 0.05) is 22.8 Å². The summed E-state index contributed by atoms with van der Waals surface area (Å²) < 4.78 is 0. The number of rotatable bonds is 4. The highest BCUT2D eigenvalue weighted by molar-refractivity contribution is 7.11. The molecule has 0 spiro atoms. The van der Waals surface area contributed by atoms with Gasteiger partial charge in [0.05, 0.1) is 11.6 Å². The molecule has 0 saturated heterocycles. The lowest BCUT2D eigenvalue weighted by Gasteiger charge is -2.06. The summed E-state index contributed by atoms with van der Waals surface area (Å²) in [7, 11) is 0. The number of hydrogen-bond acceptors (Lipinski definition) is 4. The first kappa shape index (κ1) is 11.9. The quantitative estimate of drug-likeness (QED) is 0.872. The predicted octanol–water partition coefficient (Wildman–Crippen LogP) is 3.33. The van der Waals surface area contributed by atoms with Gasteiger partial charge in [-0.05, 0) is 25.0 Å². The van der Waals surface area contributed by atoms with Crippen molar-refractivity contribution in [2.24, 2.45) is 0 Å². The smallest absolute Gasteiger partial charge is 0.120 e. The van der Waals surface area contributed by atoms with Gasteiger partial charge in [-0.15, -0.1) is 11.3 Å². The first-order chi connectivity index (χ1) is 8.19. The molecular formula is C13H16N2OS. The fourth-order valence-electron chi connectivity index (χ4n) is 1.50. The Morgan fingerprint density at radius 3 is 2.88 bits per heavy atom. The molecule has 0 amide bonds. The van der Waals surface area contributed by atoms with Crippen molar-refractivity contribution in [3.63, 3.8) is 0 Å². The number of aromatic hydroxyl groups is 1. The number of benzene rings is 1. The minimum atomic E-state index is 0.327. The van der Waals surface area contributed by atoms with Crippen LogP contribution in [0.3, 0.4) is 0 Å². The molecule has 2 rings (SSSR count). The van der Waals surface area contributed by atoms with E-state index >= 15 is 0 Å². The molecule has 0 atom stereocenters. The molecule has 1 aromatic carbocycles. The SMILES string of the molecule is CCc1ncc(CNc2ccc(C)c(O)c2)s1. The second-order valence-corrected chi connectivity index (χ2v) is 5.13. The zero-order chi connectivity index (χ0) is 12.3. The molecule has 0 saturated carbocycles. The molecule has 2 N–H and O–H groups in total. The van der Waals surface area contributed by atoms with E-state index < -0.39 is 0 Å². The Labute approximate surface area is 105 Å². The second kappa shape index (κ2) is 5.19. The molecule has 0 unspecified atom stereocenters. The maximum absolute atomic E-state index is 9.59. The van der Waals surface area contributed by atoms with Crippen molar-refractivity contribution in [3.05, 3.63) is 39.8 Å². The number of aryl methyl sites for hydroxylation is 2. The van der Waals surface area contributed by atoms with Crippen LogP contribution in [-0.4, -0.2) is 10.1 Å². The van der Waals surface area contributed by atoms with Crippen LogP contribution in [0.4, 0.5) is 5.69 Å². The zero-order valence-corrected chi connectivity index (χ0v) is 10.8. The Bertz CT molecular complexity index is 508. The summed E-state index contributed by atoms with van der Waals surface area (Å²) in [4.78, 5) is 5.52. The van der Waals surface area contributed by atoms with Crippen LogP contribution in [0, 0.1) is 6.92 Å². The molecule has 2 aromatic rings. The number of thiazole rings is 1. The molecule has 0 bridgehead atoms. The van der Waals surface area contributed by atoms with Crippen LogP contribution in [0.15, 0.2) is 24.4 Å². The molecule has 4 heteroatoms. The maximum atomic E-state index is 9.59. The van der Waals surface area contributed by atoms with Crippen molar-refractivity contribution in [1.82, 2.24) is 4.98 Å². The molecular weight excluding hydrogens is 232 g/mol. The number of hydrogen-bond donors (Lipinski definition) is 2. The summed E-state index contributed by atoms with van der Waals surface area (Å²) in [6, 6.07) is 5.62. The van der Waals surface area contributed by atoms with Gasteiger partial charge in [-0.2, -0.15) is 0 Å². The van der Waals surface area contributed by atoms with Gasteiger partial charge >= 0.3 is 0 Å². The van der Waals surface area contributed by atoms with Crippen molar-refractivity contribution in [2.75, 3.05) is 5.32 Å². The van der Waals surface area contributed by atoms with E-state index in [1.807, 2.05) is 25.3 Å². The molecule has 17 heavy (non-hydrogen) atoms. The van der Waals surface area contributed by atoms with Crippen molar-refractivity contribution in [1.29, 1.82) is 0 Å². The van der Waals surface area contributed by atoms with Crippen molar-refractivity contribution >= 4 is 17.0 Å². The van der Waals surface area contributed by atoms with E-state index in [1.54, 1.807) is 17.4 Å². The predicted molar refractivity (Wildman–Crippen MR) is 71.7 cm³/mol. The largest absolute Gasteiger partial charge is 0.508 e. The highest BCUT2D eigenvalue weighted by atomic mass is 32.1. The Morgan fingerprint density at radius 2 is 2.24 bits per heavy atom. The molecule has 1 aromatic heterocycles. The van der Waals surface area contributed by atoms with Crippen LogP contribution < -0.4 is 5.32 Å². The Morgan fingerprint density at radius 1 is 1.41 bits per heavy atom. The molecule has 90 valence electrons. The lowest BCUT2D eigenvalue weighted by molar-refractivity contribution is 0.471. The third-order valence-electron chi connectivity index (χ3n) is 2.58. The van der Waals surface area contributed by atoms with Gasteiger partial charge in [-0.25, -0.2) is 4.98 Å². The lowest BCUT2D eigenvalue weighted by atomic mass is 10.2. The highest BCUT2D eigenvalue weighted by Crippen LogP contribution is 2.22. The summed E-state index contributed by atoms with van der Waals surface area (Å²) in [6.07, 6.45) is 2.89. The Hall–Kier alpha value is -1.55. The van der Waals surface area contributed by atoms with Crippen LogP contribution in [0.2, 0.25) is 0 Å². The molecule has 0 aliphatic heterocycles. The first-order valence-electron chi connectivity index (χ1n) is 5.66. The molecule has 3 nitrogen and oxygen atoms in total. The number of aromatic nitrogens is 1. The number of anilines is 1. The van der Waals surface area contributed by atoms with Crippen LogP contribution in [0.5, 0.6) is 5.75 Å². The number of nitrogens with zero attached hydrogens (tertiary/aromatic N) is 1. The van der Waals surface area contributed by atoms with E-state index in [1.165, 1.54) is 4.88 Å². The number of phenolic OH excluding ortho intramolecular Hbond substituents is 1. The highest BCUT2D eigenvalue weighted by Gasteiger charge is 2.01. The maximum Gasteiger partial charge on any atom is 0.120 e. The number of nitrogens with one attached hydrogen (secondary N) is 1. The van der Waals surface area contributed by atoms with Gasteiger partial charge in [0.25, 0.3) is 0 Å². The van der Waals surface area contributed by atoms with Crippen LogP contribution in [0.1, 0.15) is 22.4 Å². The van der Waals surface area contributed by atoms with Crippen LogP contribution >= 0.6 is 11.3 Å². The van der Waals surface area contributed by atoms with E-state index in [2.05, 4.69) is 17.2 Å². The van der Waals surface area contributed by atoms with E-state index in [0.29, 0.717) is 5.75 Å². The average molecular weight is 248 g/mol. The summed E-state index contributed by atoms with van der Waals surface area (Å²) in [5.41, 5.74) is 1.82. The zero-order valence-electron chi connectivity index (χ0n) is 10.0. The molecule has 0 radical (unpaired) electrons. The van der Waals surface area contributed by atoms with E-state index in [0.717, 1.165) is 29.2 Å². The molecule has 0 aliphatic rings. The normalized spacial score (nSPS) is 10.5. The minimum absolute atomic E-state index is 0.327. The summed E-state index contributed by atoms with van der Waals surface area (Å²) in [6.45, 7) is 4.74. The summed E-state index contributed by atoms with van der Waals surface area (Å²) in [5, 5.41) is 14.0. The Kier molecular flexibility index (Phi) is 3.64. The minimum Gasteiger partial charge on any atom is -0.508 e. The van der Waals surface area contributed by atoms with E-state index in [9.17, 15) is 5.11 Å². The third-order valence-corrected chi connectivity index (χ3v) is 3.72. The standard InChI is InChI=1S/C13H16N2OS/c1-3-13-15-8-11(17-13)7-14-10-5-4-9(2)12(16)6-10/h4-6,8,14,16H,3,7H2,1-2H3. The fraction of sp³-hybridized carbons (Fsp3) is 0.308. The fourth-order valence-corrected chi connectivity index (χ4v) is 2.30. The second-order valence-electron chi connectivity index (χ2n) is 3.93. The number of phenols is 1. The van der Waals surface area contributed by atoms with Gasteiger partial charge in [0.15, 0.2) is 0 Å². The summed E-state index contributed by atoms with van der Waals surface area (Å²) in [5.74, 6) is 0.327. The van der Waals surface area contributed by atoms with Gasteiger partial charge in [0.2, 0.25) is 0 Å². The van der Waals surface area contributed by atoms with Crippen LogP contribution in [0.25, 0.3) is 0 Å². The van der Waals surface area contributed by atoms with Crippen molar-refractivity contribution in [3.8, 4) is 5.75 Å². The van der Waals surface area contributed by atoms with Gasteiger partial charge < -0.3 is 10.4 Å². The molecule has 1 heterocycles. The van der Waals surface area contributed by atoms with E-state index in [4.69, 9.17) is 0 Å². The lowest BCUT2D eigenvalue weighted by Crippen LogP contribution is -1.97. The Balaban J connectivity index is 1.99. The molecule has 0 fully saturated rings. The summed E-state index contributed by atoms with van der Waals surface area (Å²) >= 11 is 1.72. The van der Waals surface area contributed by atoms with Gasteiger partial charge in [-0.3, -0.25) is 0 Å². The van der Waals surface area contributed by atoms with E-state index in [-0.39, 0.29) is 0 Å². The average Bonchev–Trinajstić information content (AvgIpc) is 2.79. The first-order valence-corrected chi connectivity index (χ1v) is 6.47. The van der Waals surface area contributed by atoms with Crippen molar-refractivity contribution < 1.29 is 5.11 Å². The molecule has 0 aliphatic carbocycles.